The number of hydrogen-bond donors (Lipinski definition) is 3. The highest BCUT2D eigenvalue weighted by Crippen LogP contribution is 2.28. The summed E-state index contributed by atoms with van der Waals surface area (Å²) in [7, 11) is 0. The molecule has 0 saturated carbocycles. The fraction of sp³-hybridized carbons (Fsp3) is 0.429. The summed E-state index contributed by atoms with van der Waals surface area (Å²) < 4.78 is 11.4. The van der Waals surface area contributed by atoms with E-state index in [1.54, 1.807) is 13.0 Å². The summed E-state index contributed by atoms with van der Waals surface area (Å²) in [6.07, 6.45) is 3.77. The maximum absolute atomic E-state index is 12.0. The molecule has 0 fully saturated rings. The van der Waals surface area contributed by atoms with E-state index in [2.05, 4.69) is 27.4 Å². The Labute approximate surface area is 174 Å². The van der Waals surface area contributed by atoms with Crippen LogP contribution in [0.3, 0.4) is 0 Å². The third-order valence-corrected chi connectivity index (χ3v) is 4.28. The molecule has 162 valence electrons. The van der Waals surface area contributed by atoms with Gasteiger partial charge in [-0.1, -0.05) is 13.3 Å². The number of rotatable bonds is 11. The predicted octanol–water partition coefficient (Wildman–Crippen LogP) is 2.03. The van der Waals surface area contributed by atoms with Crippen LogP contribution in [0.1, 0.15) is 49.9 Å². The lowest BCUT2D eigenvalue weighted by atomic mass is 10.1. The molecule has 0 bridgehead atoms. The van der Waals surface area contributed by atoms with Crippen molar-refractivity contribution in [2.45, 2.75) is 46.5 Å². The molecule has 30 heavy (non-hydrogen) atoms. The standard InChI is InChI=1S/C21H28N4O5/c1-4-6-11-30-17-9-7-15(12-18(17)29-5-2)13-22-25-19(26)10-8-16-14(3)23-21(28)24-20(16)27/h7,9,12-13H,4-6,8,10-11H2,1-3H3,(H,25,26)(H2,23,24,27,28)/b22-13+. The van der Waals surface area contributed by atoms with Crippen LogP contribution in [-0.4, -0.2) is 35.3 Å². The highest BCUT2D eigenvalue weighted by atomic mass is 16.5. The van der Waals surface area contributed by atoms with Crippen molar-refractivity contribution in [3.63, 3.8) is 0 Å². The van der Waals surface area contributed by atoms with Crippen LogP contribution in [0.25, 0.3) is 0 Å². The number of aromatic amines is 2. The van der Waals surface area contributed by atoms with Crippen molar-refractivity contribution in [3.8, 4) is 11.5 Å². The molecule has 0 aliphatic carbocycles. The van der Waals surface area contributed by atoms with Crippen molar-refractivity contribution in [2.24, 2.45) is 5.10 Å². The number of hydrazone groups is 1. The molecule has 1 aromatic carbocycles. The normalized spacial score (nSPS) is 10.9. The SMILES string of the molecule is CCCCOc1ccc(/C=N/NC(=O)CCc2c(C)[nH]c(=O)[nH]c2=O)cc1OCC. The topological polar surface area (TPSA) is 126 Å². The van der Waals surface area contributed by atoms with Crippen LogP contribution in [-0.2, 0) is 11.2 Å². The molecular weight excluding hydrogens is 388 g/mol. The summed E-state index contributed by atoms with van der Waals surface area (Å²) in [5.41, 5.74) is 2.94. The van der Waals surface area contributed by atoms with Crippen molar-refractivity contribution in [3.05, 3.63) is 55.9 Å². The largest absolute Gasteiger partial charge is 0.490 e. The minimum absolute atomic E-state index is 0.0572. The van der Waals surface area contributed by atoms with Crippen molar-refractivity contribution in [2.75, 3.05) is 13.2 Å². The number of aromatic nitrogens is 2. The third kappa shape index (κ3) is 6.91. The predicted molar refractivity (Wildman–Crippen MR) is 114 cm³/mol. The van der Waals surface area contributed by atoms with Gasteiger partial charge in [-0.3, -0.25) is 14.6 Å². The minimum Gasteiger partial charge on any atom is -0.490 e. The van der Waals surface area contributed by atoms with E-state index < -0.39 is 11.2 Å². The number of hydrogen-bond acceptors (Lipinski definition) is 6. The third-order valence-electron chi connectivity index (χ3n) is 4.28. The Morgan fingerprint density at radius 1 is 1.17 bits per heavy atom. The number of nitrogens with one attached hydrogen (secondary N) is 3. The Hall–Kier alpha value is -3.36. The molecule has 1 heterocycles. The number of aryl methyl sites for hydroxylation is 1. The Bertz CT molecular complexity index is 994. The summed E-state index contributed by atoms with van der Waals surface area (Å²) in [4.78, 5) is 39.7. The van der Waals surface area contributed by atoms with Gasteiger partial charge in [-0.25, -0.2) is 10.2 Å². The fourth-order valence-corrected chi connectivity index (χ4v) is 2.72. The summed E-state index contributed by atoms with van der Waals surface area (Å²) in [5.74, 6) is 0.949. The first-order valence-electron chi connectivity index (χ1n) is 9.98. The molecule has 1 aromatic heterocycles. The van der Waals surface area contributed by atoms with Gasteiger partial charge in [0.25, 0.3) is 5.56 Å². The van der Waals surface area contributed by atoms with Gasteiger partial charge < -0.3 is 14.5 Å². The van der Waals surface area contributed by atoms with Gasteiger partial charge in [-0.05, 0) is 50.5 Å². The molecule has 9 nitrogen and oxygen atoms in total. The van der Waals surface area contributed by atoms with Gasteiger partial charge in [0, 0.05) is 17.7 Å². The van der Waals surface area contributed by atoms with Gasteiger partial charge in [0.05, 0.1) is 19.4 Å². The van der Waals surface area contributed by atoms with Gasteiger partial charge in [0.1, 0.15) is 0 Å². The van der Waals surface area contributed by atoms with Crippen LogP contribution in [0.2, 0.25) is 0 Å². The van der Waals surface area contributed by atoms with Crippen molar-refractivity contribution >= 4 is 12.1 Å². The fourth-order valence-electron chi connectivity index (χ4n) is 2.72. The molecule has 0 spiro atoms. The Balaban J connectivity index is 1.94. The van der Waals surface area contributed by atoms with Crippen LogP contribution < -0.4 is 26.1 Å². The smallest absolute Gasteiger partial charge is 0.325 e. The van der Waals surface area contributed by atoms with Gasteiger partial charge in [-0.15, -0.1) is 0 Å². The number of carbonyl (C=O) groups is 1. The average Bonchev–Trinajstić information content (AvgIpc) is 2.69. The van der Waals surface area contributed by atoms with E-state index in [9.17, 15) is 14.4 Å². The van der Waals surface area contributed by atoms with Crippen LogP contribution in [0.4, 0.5) is 0 Å². The van der Waals surface area contributed by atoms with E-state index in [4.69, 9.17) is 9.47 Å². The second-order valence-electron chi connectivity index (χ2n) is 6.65. The number of H-pyrrole nitrogens is 2. The van der Waals surface area contributed by atoms with Gasteiger partial charge in [0.15, 0.2) is 11.5 Å². The molecule has 0 saturated heterocycles. The van der Waals surface area contributed by atoms with E-state index in [1.807, 2.05) is 19.1 Å². The second kappa shape index (κ2) is 11.6. The summed E-state index contributed by atoms with van der Waals surface area (Å²) in [6, 6.07) is 5.43. The zero-order chi connectivity index (χ0) is 21.9. The maximum atomic E-state index is 12.0. The molecular formula is C21H28N4O5. The number of nitrogens with zero attached hydrogens (tertiary/aromatic N) is 1. The Kier molecular flexibility index (Phi) is 8.86. The van der Waals surface area contributed by atoms with E-state index in [0.29, 0.717) is 36.0 Å². The second-order valence-corrected chi connectivity index (χ2v) is 6.65. The maximum Gasteiger partial charge on any atom is 0.325 e. The van der Waals surface area contributed by atoms with E-state index >= 15 is 0 Å². The van der Waals surface area contributed by atoms with Crippen LogP contribution in [0, 0.1) is 6.92 Å². The zero-order valence-corrected chi connectivity index (χ0v) is 17.5. The van der Waals surface area contributed by atoms with Crippen molar-refractivity contribution in [1.82, 2.24) is 15.4 Å². The monoisotopic (exact) mass is 416 g/mol. The van der Waals surface area contributed by atoms with Gasteiger partial charge >= 0.3 is 5.69 Å². The molecule has 3 N–H and O–H groups in total. The molecule has 0 aliphatic rings. The number of unbranched alkanes of at least 4 members (excludes halogenated alkanes) is 1. The molecule has 1 amide bonds. The molecule has 9 heteroatoms. The Morgan fingerprint density at radius 3 is 2.67 bits per heavy atom. The van der Waals surface area contributed by atoms with Crippen LogP contribution in [0.15, 0.2) is 32.9 Å². The number of carbonyl (C=O) groups excluding carboxylic acids is 1. The number of amides is 1. The highest BCUT2D eigenvalue weighted by Gasteiger charge is 2.09. The summed E-state index contributed by atoms with van der Waals surface area (Å²) >= 11 is 0. The summed E-state index contributed by atoms with van der Waals surface area (Å²) in [6.45, 7) is 6.74. The van der Waals surface area contributed by atoms with Crippen LogP contribution >= 0.6 is 0 Å². The van der Waals surface area contributed by atoms with Gasteiger partial charge in [0.2, 0.25) is 5.91 Å². The summed E-state index contributed by atoms with van der Waals surface area (Å²) in [5, 5.41) is 3.95. The Morgan fingerprint density at radius 2 is 1.97 bits per heavy atom. The molecule has 0 unspecified atom stereocenters. The van der Waals surface area contributed by atoms with E-state index in [1.165, 1.54) is 6.21 Å². The van der Waals surface area contributed by atoms with Crippen molar-refractivity contribution < 1.29 is 14.3 Å². The van der Waals surface area contributed by atoms with Crippen molar-refractivity contribution in [1.29, 1.82) is 0 Å². The molecule has 0 aliphatic heterocycles. The first-order valence-corrected chi connectivity index (χ1v) is 9.98. The average molecular weight is 416 g/mol. The molecule has 2 aromatic rings. The number of ether oxygens (including phenoxy) is 2. The first-order chi connectivity index (χ1) is 14.4. The lowest BCUT2D eigenvalue weighted by molar-refractivity contribution is -0.121. The molecule has 0 radical (unpaired) electrons. The lowest BCUT2D eigenvalue weighted by Crippen LogP contribution is -2.28. The van der Waals surface area contributed by atoms with Gasteiger partial charge in [-0.2, -0.15) is 5.10 Å². The quantitative estimate of drug-likeness (QED) is 0.294. The highest BCUT2D eigenvalue weighted by molar-refractivity contribution is 5.83. The van der Waals surface area contributed by atoms with E-state index in [-0.39, 0.29) is 18.7 Å². The molecule has 2 rings (SSSR count). The first kappa shape index (κ1) is 22.9. The van der Waals surface area contributed by atoms with Crippen LogP contribution in [0.5, 0.6) is 11.5 Å². The van der Waals surface area contributed by atoms with E-state index in [0.717, 1.165) is 18.4 Å². The number of benzene rings is 1. The lowest BCUT2D eigenvalue weighted by Gasteiger charge is -2.12. The zero-order valence-electron chi connectivity index (χ0n) is 17.5. The molecule has 0 atom stereocenters. The minimum atomic E-state index is -0.566.